The monoisotopic (exact) mass is 401 g/mol. The Labute approximate surface area is 174 Å². The molecule has 0 saturated carbocycles. The molecule has 0 radical (unpaired) electrons. The number of carbonyl (C=O) groups is 2. The number of amides is 2. The molecule has 6 heteroatoms. The van der Waals surface area contributed by atoms with Crippen molar-refractivity contribution >= 4 is 39.3 Å². The number of fused-ring (bicyclic) bond motifs is 3. The lowest BCUT2D eigenvalue weighted by atomic mass is 10.1. The van der Waals surface area contributed by atoms with Crippen LogP contribution in [0, 0.1) is 5.92 Å². The third kappa shape index (κ3) is 3.14. The van der Waals surface area contributed by atoms with E-state index in [2.05, 4.69) is 35.0 Å². The van der Waals surface area contributed by atoms with Crippen molar-refractivity contribution in [3.05, 3.63) is 66.6 Å². The Kier molecular flexibility index (Phi) is 4.54. The molecular weight excluding hydrogens is 378 g/mol. The minimum absolute atomic E-state index is 0.0204. The Morgan fingerprint density at radius 3 is 2.73 bits per heavy atom. The van der Waals surface area contributed by atoms with Gasteiger partial charge in [0, 0.05) is 47.0 Å². The highest BCUT2D eigenvalue weighted by atomic mass is 16.3. The first-order valence-corrected chi connectivity index (χ1v) is 10.3. The van der Waals surface area contributed by atoms with E-state index < -0.39 is 0 Å². The molecule has 2 amide bonds. The summed E-state index contributed by atoms with van der Waals surface area (Å²) in [5, 5.41) is 5.31. The summed E-state index contributed by atoms with van der Waals surface area (Å²) in [7, 11) is 0. The molecule has 0 unspecified atom stereocenters. The molecule has 5 rings (SSSR count). The number of benzene rings is 2. The second kappa shape index (κ2) is 7.37. The number of nitrogens with one attached hydrogen (secondary N) is 1. The second-order valence-electron chi connectivity index (χ2n) is 7.74. The molecule has 2 aromatic heterocycles. The molecule has 1 fully saturated rings. The highest BCUT2D eigenvalue weighted by Gasteiger charge is 2.34. The molecule has 0 aliphatic carbocycles. The summed E-state index contributed by atoms with van der Waals surface area (Å²) in [6.07, 6.45) is 1.82. The number of furan rings is 1. The standard InChI is InChI=1S/C24H23N3O3/c1-2-27-21-8-4-3-7-19(21)20-13-17(9-10-22(20)27)25-24(29)16-12-23(28)26(14-16)15-18-6-5-11-30-18/h3-11,13,16H,2,12,14-15H2,1H3,(H,25,29)/t16-/m1/s1. The van der Waals surface area contributed by atoms with Gasteiger partial charge in [-0.1, -0.05) is 18.2 Å². The molecule has 1 aliphatic heterocycles. The minimum Gasteiger partial charge on any atom is -0.467 e. The van der Waals surface area contributed by atoms with Gasteiger partial charge in [-0.2, -0.15) is 0 Å². The van der Waals surface area contributed by atoms with Crippen LogP contribution in [0.4, 0.5) is 5.69 Å². The van der Waals surface area contributed by atoms with Crippen LogP contribution in [-0.4, -0.2) is 27.8 Å². The van der Waals surface area contributed by atoms with Gasteiger partial charge in [-0.25, -0.2) is 0 Å². The minimum atomic E-state index is -0.361. The third-order valence-corrected chi connectivity index (χ3v) is 5.87. The van der Waals surface area contributed by atoms with Crippen LogP contribution in [0.1, 0.15) is 19.1 Å². The highest BCUT2D eigenvalue weighted by molar-refractivity contribution is 6.10. The van der Waals surface area contributed by atoms with E-state index in [1.54, 1.807) is 17.2 Å². The van der Waals surface area contributed by atoms with Crippen LogP contribution >= 0.6 is 0 Å². The van der Waals surface area contributed by atoms with Crippen LogP contribution in [0.15, 0.2) is 65.3 Å². The molecule has 2 aromatic carbocycles. The Hall–Kier alpha value is -3.54. The summed E-state index contributed by atoms with van der Waals surface area (Å²) in [6, 6.07) is 18.0. The lowest BCUT2D eigenvalue weighted by Gasteiger charge is -2.15. The fourth-order valence-electron chi connectivity index (χ4n) is 4.41. The molecule has 0 spiro atoms. The first kappa shape index (κ1) is 18.5. The maximum atomic E-state index is 12.9. The fourth-order valence-corrected chi connectivity index (χ4v) is 4.41. The van der Waals surface area contributed by atoms with Gasteiger partial charge in [0.05, 0.1) is 18.7 Å². The van der Waals surface area contributed by atoms with Gasteiger partial charge in [0.1, 0.15) is 5.76 Å². The molecule has 1 saturated heterocycles. The van der Waals surface area contributed by atoms with Crippen molar-refractivity contribution in [2.75, 3.05) is 11.9 Å². The van der Waals surface area contributed by atoms with E-state index in [4.69, 9.17) is 4.42 Å². The largest absolute Gasteiger partial charge is 0.467 e. The predicted octanol–water partition coefficient (Wildman–Crippen LogP) is 4.39. The topological polar surface area (TPSA) is 67.5 Å². The van der Waals surface area contributed by atoms with Crippen molar-refractivity contribution in [3.8, 4) is 0 Å². The summed E-state index contributed by atoms with van der Waals surface area (Å²) >= 11 is 0. The van der Waals surface area contributed by atoms with E-state index in [0.717, 1.165) is 28.9 Å². The number of nitrogens with zero attached hydrogens (tertiary/aromatic N) is 2. The summed E-state index contributed by atoms with van der Waals surface area (Å²) < 4.78 is 7.60. The van der Waals surface area contributed by atoms with Crippen LogP contribution in [0.3, 0.4) is 0 Å². The molecule has 1 aliphatic rings. The van der Waals surface area contributed by atoms with Crippen LogP contribution in [0.5, 0.6) is 0 Å². The predicted molar refractivity (Wildman–Crippen MR) is 116 cm³/mol. The highest BCUT2D eigenvalue weighted by Crippen LogP contribution is 2.31. The zero-order valence-corrected chi connectivity index (χ0v) is 16.8. The quantitative estimate of drug-likeness (QED) is 0.539. The molecule has 6 nitrogen and oxygen atoms in total. The first-order valence-electron chi connectivity index (χ1n) is 10.3. The average molecular weight is 401 g/mol. The van der Waals surface area contributed by atoms with Crippen molar-refractivity contribution in [1.29, 1.82) is 0 Å². The summed E-state index contributed by atoms with van der Waals surface area (Å²) in [6.45, 7) is 3.82. The molecule has 4 aromatic rings. The van der Waals surface area contributed by atoms with Crippen molar-refractivity contribution < 1.29 is 14.0 Å². The van der Waals surface area contributed by atoms with Crippen molar-refractivity contribution in [2.24, 2.45) is 5.92 Å². The maximum Gasteiger partial charge on any atom is 0.229 e. The number of anilines is 1. The fraction of sp³-hybridized carbons (Fsp3) is 0.250. The molecule has 3 heterocycles. The van der Waals surface area contributed by atoms with E-state index in [1.165, 1.54) is 10.9 Å². The van der Waals surface area contributed by atoms with Gasteiger partial charge >= 0.3 is 0 Å². The Morgan fingerprint density at radius 2 is 1.93 bits per heavy atom. The number of aromatic nitrogens is 1. The van der Waals surface area contributed by atoms with Crippen LogP contribution in [-0.2, 0) is 22.7 Å². The van der Waals surface area contributed by atoms with Crippen LogP contribution in [0.25, 0.3) is 21.8 Å². The number of aryl methyl sites for hydroxylation is 1. The zero-order chi connectivity index (χ0) is 20.7. The van der Waals surface area contributed by atoms with E-state index in [-0.39, 0.29) is 24.2 Å². The molecule has 0 bridgehead atoms. The van der Waals surface area contributed by atoms with Crippen molar-refractivity contribution in [2.45, 2.75) is 26.4 Å². The molecule has 1 N–H and O–H groups in total. The van der Waals surface area contributed by atoms with Gasteiger partial charge in [-0.3, -0.25) is 9.59 Å². The Balaban J connectivity index is 1.36. The lowest BCUT2D eigenvalue weighted by molar-refractivity contribution is -0.128. The third-order valence-electron chi connectivity index (χ3n) is 5.87. The maximum absolute atomic E-state index is 12.9. The second-order valence-corrected chi connectivity index (χ2v) is 7.74. The summed E-state index contributed by atoms with van der Waals surface area (Å²) in [4.78, 5) is 26.9. The van der Waals surface area contributed by atoms with Gasteiger partial charge in [0.15, 0.2) is 0 Å². The van der Waals surface area contributed by atoms with Gasteiger partial charge < -0.3 is 19.2 Å². The Morgan fingerprint density at radius 1 is 1.10 bits per heavy atom. The number of hydrogen-bond donors (Lipinski definition) is 1. The zero-order valence-electron chi connectivity index (χ0n) is 16.8. The van der Waals surface area contributed by atoms with E-state index in [9.17, 15) is 9.59 Å². The van der Waals surface area contributed by atoms with Crippen LogP contribution < -0.4 is 5.32 Å². The average Bonchev–Trinajstić information content (AvgIpc) is 3.47. The molecule has 1 atom stereocenters. The van der Waals surface area contributed by atoms with Crippen LogP contribution in [0.2, 0.25) is 0 Å². The molecule has 152 valence electrons. The van der Waals surface area contributed by atoms with E-state index >= 15 is 0 Å². The number of para-hydroxylation sites is 1. The normalized spacial score (nSPS) is 16.6. The first-order chi connectivity index (χ1) is 14.6. The summed E-state index contributed by atoms with van der Waals surface area (Å²) in [5.74, 6) is 0.221. The van der Waals surface area contributed by atoms with E-state index in [1.807, 2.05) is 30.3 Å². The van der Waals surface area contributed by atoms with Gasteiger partial charge in [-0.15, -0.1) is 0 Å². The van der Waals surface area contributed by atoms with Crippen molar-refractivity contribution in [3.63, 3.8) is 0 Å². The van der Waals surface area contributed by atoms with E-state index in [0.29, 0.717) is 13.1 Å². The van der Waals surface area contributed by atoms with Gasteiger partial charge in [0.2, 0.25) is 11.8 Å². The smallest absolute Gasteiger partial charge is 0.229 e. The number of carbonyl (C=O) groups excluding carboxylic acids is 2. The lowest BCUT2D eigenvalue weighted by Crippen LogP contribution is -2.27. The Bertz CT molecular complexity index is 1240. The number of rotatable bonds is 5. The number of likely N-dealkylation sites (tertiary alicyclic amines) is 1. The molecule has 30 heavy (non-hydrogen) atoms. The van der Waals surface area contributed by atoms with Gasteiger partial charge in [0.25, 0.3) is 0 Å². The number of hydrogen-bond acceptors (Lipinski definition) is 3. The van der Waals surface area contributed by atoms with Gasteiger partial charge in [-0.05, 0) is 43.3 Å². The molecular formula is C24H23N3O3. The summed E-state index contributed by atoms with van der Waals surface area (Å²) in [5.41, 5.74) is 3.09. The SMILES string of the molecule is CCn1c2ccccc2c2cc(NC(=O)[C@@H]3CC(=O)N(Cc4ccco4)C3)ccc21. The van der Waals surface area contributed by atoms with Crippen molar-refractivity contribution in [1.82, 2.24) is 9.47 Å².